The Bertz CT molecular complexity index is 1070. The number of hydrogen-bond acceptors (Lipinski definition) is 6. The van der Waals surface area contributed by atoms with E-state index in [0.29, 0.717) is 19.3 Å². The summed E-state index contributed by atoms with van der Waals surface area (Å²) in [4.78, 5) is 37.5. The van der Waals surface area contributed by atoms with Crippen LogP contribution in [0.2, 0.25) is 0 Å². The Morgan fingerprint density at radius 3 is 0.833 bits per heavy atom. The van der Waals surface area contributed by atoms with Gasteiger partial charge in [-0.3, -0.25) is 14.4 Å². The summed E-state index contributed by atoms with van der Waals surface area (Å²) in [7, 11) is 0. The van der Waals surface area contributed by atoms with Crippen molar-refractivity contribution in [1.29, 1.82) is 0 Å². The van der Waals surface area contributed by atoms with Crippen LogP contribution in [0.3, 0.4) is 0 Å². The number of carbonyl (C=O) groups excluding carboxylic acids is 3. The lowest BCUT2D eigenvalue weighted by molar-refractivity contribution is -0.167. The molecule has 0 aromatic carbocycles. The first kappa shape index (κ1) is 63.9. The predicted octanol–water partition coefficient (Wildman–Crippen LogP) is 19.5. The van der Waals surface area contributed by atoms with Crippen molar-refractivity contribution in [2.24, 2.45) is 0 Å². The Morgan fingerprint density at radius 1 is 0.303 bits per heavy atom. The fraction of sp³-hybridized carbons (Fsp3) is 0.883. The van der Waals surface area contributed by atoms with Gasteiger partial charge in [-0.2, -0.15) is 0 Å². The van der Waals surface area contributed by atoms with E-state index < -0.39 is 6.10 Å². The third-order valence-electron chi connectivity index (χ3n) is 13.2. The molecule has 0 aliphatic rings. The van der Waals surface area contributed by atoms with E-state index in [1.54, 1.807) is 0 Å². The average molecular weight is 930 g/mol. The lowest BCUT2D eigenvalue weighted by Crippen LogP contribution is -2.30. The van der Waals surface area contributed by atoms with Crippen LogP contribution in [0, 0.1) is 0 Å². The van der Waals surface area contributed by atoms with Gasteiger partial charge in [0.15, 0.2) is 6.10 Å². The number of unbranched alkanes of at least 4 members (excludes halogenated alkanes) is 39. The van der Waals surface area contributed by atoms with Gasteiger partial charge in [0, 0.05) is 19.3 Å². The normalized spacial score (nSPS) is 12.1. The van der Waals surface area contributed by atoms with Crippen molar-refractivity contribution in [2.45, 2.75) is 329 Å². The number of ether oxygens (including phenoxy) is 3. The van der Waals surface area contributed by atoms with Gasteiger partial charge in [-0.15, -0.1) is 0 Å². The summed E-state index contributed by atoms with van der Waals surface area (Å²) in [5, 5.41) is 0. The molecule has 1 atom stereocenters. The molecular weight excluding hydrogens is 817 g/mol. The molecule has 0 radical (unpaired) electrons. The van der Waals surface area contributed by atoms with E-state index in [9.17, 15) is 14.4 Å². The van der Waals surface area contributed by atoms with E-state index in [4.69, 9.17) is 14.2 Å². The monoisotopic (exact) mass is 929 g/mol. The minimum Gasteiger partial charge on any atom is -0.462 e. The van der Waals surface area contributed by atoms with Crippen molar-refractivity contribution in [3.8, 4) is 0 Å². The lowest BCUT2D eigenvalue weighted by Gasteiger charge is -2.18. The predicted molar refractivity (Wildman–Crippen MR) is 284 cm³/mol. The molecule has 66 heavy (non-hydrogen) atoms. The minimum atomic E-state index is -0.759. The molecule has 0 bridgehead atoms. The second-order valence-corrected chi connectivity index (χ2v) is 19.9. The molecule has 0 aromatic heterocycles. The van der Waals surface area contributed by atoms with Gasteiger partial charge >= 0.3 is 17.9 Å². The van der Waals surface area contributed by atoms with E-state index in [0.717, 1.165) is 64.2 Å². The Labute approximate surface area is 411 Å². The van der Waals surface area contributed by atoms with Crippen molar-refractivity contribution >= 4 is 17.9 Å². The summed E-state index contributed by atoms with van der Waals surface area (Å²) in [5.41, 5.74) is 0. The van der Waals surface area contributed by atoms with Crippen molar-refractivity contribution < 1.29 is 28.6 Å². The highest BCUT2D eigenvalue weighted by atomic mass is 16.6. The molecule has 0 fully saturated rings. The first-order valence-corrected chi connectivity index (χ1v) is 29.3. The van der Waals surface area contributed by atoms with Crippen molar-refractivity contribution in [3.05, 3.63) is 24.3 Å². The van der Waals surface area contributed by atoms with E-state index >= 15 is 0 Å². The van der Waals surface area contributed by atoms with Gasteiger partial charge in [-0.25, -0.2) is 0 Å². The topological polar surface area (TPSA) is 78.9 Å². The molecule has 0 N–H and O–H groups in total. The molecule has 0 heterocycles. The van der Waals surface area contributed by atoms with Crippen LogP contribution >= 0.6 is 0 Å². The van der Waals surface area contributed by atoms with Gasteiger partial charge in [0.2, 0.25) is 0 Å². The van der Waals surface area contributed by atoms with Crippen LogP contribution in [0.25, 0.3) is 0 Å². The van der Waals surface area contributed by atoms with Gasteiger partial charge < -0.3 is 14.2 Å². The molecule has 0 rings (SSSR count). The zero-order valence-electron chi connectivity index (χ0n) is 44.5. The van der Waals surface area contributed by atoms with Gasteiger partial charge in [0.25, 0.3) is 0 Å². The molecule has 0 saturated heterocycles. The van der Waals surface area contributed by atoms with Crippen LogP contribution in [0.4, 0.5) is 0 Å². The highest BCUT2D eigenvalue weighted by Gasteiger charge is 2.19. The molecule has 1 unspecified atom stereocenters. The number of carbonyl (C=O) groups is 3. The quantitative estimate of drug-likeness (QED) is 0.0262. The van der Waals surface area contributed by atoms with E-state index in [-0.39, 0.29) is 31.1 Å². The molecule has 0 spiro atoms. The second-order valence-electron chi connectivity index (χ2n) is 19.9. The number of rotatable bonds is 54. The first-order chi connectivity index (χ1) is 32.5. The second kappa shape index (κ2) is 55.5. The highest BCUT2D eigenvalue weighted by molar-refractivity contribution is 5.71. The van der Waals surface area contributed by atoms with Crippen LogP contribution < -0.4 is 0 Å². The summed E-state index contributed by atoms with van der Waals surface area (Å²) in [5.74, 6) is -0.869. The van der Waals surface area contributed by atoms with E-state index in [1.807, 2.05) is 0 Å². The van der Waals surface area contributed by atoms with Gasteiger partial charge in [0.05, 0.1) is 0 Å². The molecule has 6 nitrogen and oxygen atoms in total. The minimum absolute atomic E-state index is 0.0660. The first-order valence-electron chi connectivity index (χ1n) is 29.3. The number of allylic oxidation sites excluding steroid dienone is 4. The molecular formula is C60H112O6. The summed E-state index contributed by atoms with van der Waals surface area (Å²) in [6.07, 6.45) is 65.5. The smallest absolute Gasteiger partial charge is 0.306 e. The van der Waals surface area contributed by atoms with Crippen LogP contribution in [-0.2, 0) is 28.6 Å². The third-order valence-corrected chi connectivity index (χ3v) is 13.2. The molecule has 388 valence electrons. The Kier molecular flexibility index (Phi) is 53.7. The van der Waals surface area contributed by atoms with E-state index in [1.165, 1.54) is 218 Å². The Balaban J connectivity index is 3.73. The van der Waals surface area contributed by atoms with Crippen molar-refractivity contribution in [3.63, 3.8) is 0 Å². The van der Waals surface area contributed by atoms with Crippen molar-refractivity contribution in [2.75, 3.05) is 13.2 Å². The highest BCUT2D eigenvalue weighted by Crippen LogP contribution is 2.17. The van der Waals surface area contributed by atoms with E-state index in [2.05, 4.69) is 45.1 Å². The van der Waals surface area contributed by atoms with Crippen molar-refractivity contribution in [1.82, 2.24) is 0 Å². The van der Waals surface area contributed by atoms with Gasteiger partial charge in [-0.1, -0.05) is 276 Å². The molecule has 0 saturated carbocycles. The molecule has 0 aliphatic heterocycles. The van der Waals surface area contributed by atoms with Gasteiger partial charge in [0.1, 0.15) is 13.2 Å². The standard InChI is InChI=1S/C60H112O6/c1-4-7-10-13-16-17-18-19-20-21-22-23-24-25-26-27-28-29-30-31-32-33-34-35-36-37-38-39-40-41-42-43-45-47-50-53-59(62)65-56-57(55-64-58(61)52-49-46-15-12-9-6-3)66-60(63)54-51-48-44-14-11-8-5-2/h18-19,21-22,57H,4-17,20,23-56H2,1-3H3/b19-18-,22-21-. The fourth-order valence-electron chi connectivity index (χ4n) is 8.77. The van der Waals surface area contributed by atoms with Gasteiger partial charge in [-0.05, 0) is 51.4 Å². The maximum Gasteiger partial charge on any atom is 0.306 e. The maximum atomic E-state index is 12.6. The van der Waals surface area contributed by atoms with Crippen LogP contribution in [0.15, 0.2) is 24.3 Å². The third kappa shape index (κ3) is 52.9. The maximum absolute atomic E-state index is 12.6. The van der Waals surface area contributed by atoms with Crippen LogP contribution in [0.1, 0.15) is 323 Å². The molecule has 0 aliphatic carbocycles. The molecule has 0 aromatic rings. The fourth-order valence-corrected chi connectivity index (χ4v) is 8.77. The summed E-state index contributed by atoms with van der Waals surface area (Å²) in [6, 6.07) is 0. The number of hydrogen-bond donors (Lipinski definition) is 0. The summed E-state index contributed by atoms with van der Waals surface area (Å²) >= 11 is 0. The molecule has 0 amide bonds. The lowest BCUT2D eigenvalue weighted by atomic mass is 10.0. The zero-order valence-corrected chi connectivity index (χ0v) is 44.5. The Morgan fingerprint density at radius 2 is 0.545 bits per heavy atom. The Hall–Kier alpha value is -2.11. The SMILES string of the molecule is CCCCCCC/C=C\C/C=C\CCCCCCCCCCCCCCCCCCCCCCCCCC(=O)OCC(COC(=O)CCCCCCCC)OC(=O)CCCCCCCCC. The number of esters is 3. The zero-order chi connectivity index (χ0) is 47.9. The van der Waals surface area contributed by atoms with Crippen LogP contribution in [-0.4, -0.2) is 37.2 Å². The molecule has 6 heteroatoms. The van der Waals surface area contributed by atoms with Crippen LogP contribution in [0.5, 0.6) is 0 Å². The summed E-state index contributed by atoms with van der Waals surface area (Å²) < 4.78 is 16.6. The average Bonchev–Trinajstić information content (AvgIpc) is 3.31. The largest absolute Gasteiger partial charge is 0.462 e. The summed E-state index contributed by atoms with van der Waals surface area (Å²) in [6.45, 7) is 6.55.